The van der Waals surface area contributed by atoms with Crippen LogP contribution in [-0.2, 0) is 27.9 Å². The molecule has 0 aliphatic carbocycles. The molecule has 108 valence electrons. The van der Waals surface area contributed by atoms with Gasteiger partial charge in [-0.05, 0) is 0 Å². The van der Waals surface area contributed by atoms with Crippen molar-refractivity contribution in [2.45, 2.75) is 13.0 Å². The van der Waals surface area contributed by atoms with Crippen LogP contribution < -0.4 is 0 Å². The van der Waals surface area contributed by atoms with E-state index in [4.69, 9.17) is 16.3 Å². The summed E-state index contributed by atoms with van der Waals surface area (Å²) in [6, 6.07) is 0. The minimum absolute atomic E-state index is 0.222. The fraction of sp³-hybridized carbons (Fsp3) is 0.667. The van der Waals surface area contributed by atoms with Crippen LogP contribution in [0.3, 0.4) is 0 Å². The summed E-state index contributed by atoms with van der Waals surface area (Å²) in [6.45, 7) is 2.53. The van der Waals surface area contributed by atoms with E-state index in [0.717, 1.165) is 12.4 Å². The predicted molar refractivity (Wildman–Crippen MR) is 72.0 cm³/mol. The standard InChI is InChI=1S/C12H20ClN3O3/c1-15-10(13)8-14-11(15)9-16(6-7-18-2)5-4-12(17)19-3/h8H,4-7,9H2,1-3H3. The zero-order valence-electron chi connectivity index (χ0n) is 11.6. The summed E-state index contributed by atoms with van der Waals surface area (Å²) >= 11 is 5.95. The van der Waals surface area contributed by atoms with Crippen molar-refractivity contribution in [3.05, 3.63) is 17.2 Å². The lowest BCUT2D eigenvalue weighted by molar-refractivity contribution is -0.141. The highest BCUT2D eigenvalue weighted by Gasteiger charge is 2.12. The first-order chi connectivity index (χ1) is 9.08. The molecule has 1 heterocycles. The van der Waals surface area contributed by atoms with Crippen LogP contribution in [0.15, 0.2) is 6.20 Å². The fourth-order valence-corrected chi connectivity index (χ4v) is 1.76. The molecule has 1 rings (SSSR count). The lowest BCUT2D eigenvalue weighted by atomic mass is 10.3. The van der Waals surface area contributed by atoms with Gasteiger partial charge in [0.15, 0.2) is 0 Å². The van der Waals surface area contributed by atoms with E-state index >= 15 is 0 Å². The van der Waals surface area contributed by atoms with Crippen LogP contribution >= 0.6 is 11.6 Å². The maximum absolute atomic E-state index is 11.2. The third-order valence-corrected chi connectivity index (χ3v) is 3.22. The highest BCUT2D eigenvalue weighted by Crippen LogP contribution is 2.11. The molecule has 0 radical (unpaired) electrons. The number of ether oxygens (including phenoxy) is 2. The van der Waals surface area contributed by atoms with Gasteiger partial charge in [-0.1, -0.05) is 11.6 Å². The number of methoxy groups -OCH3 is 2. The van der Waals surface area contributed by atoms with Gasteiger partial charge < -0.3 is 14.0 Å². The van der Waals surface area contributed by atoms with Crippen molar-refractivity contribution < 1.29 is 14.3 Å². The average molecular weight is 290 g/mol. The molecular weight excluding hydrogens is 270 g/mol. The normalized spacial score (nSPS) is 11.0. The van der Waals surface area contributed by atoms with Crippen LogP contribution in [0.25, 0.3) is 0 Å². The summed E-state index contributed by atoms with van der Waals surface area (Å²) in [5.41, 5.74) is 0. The summed E-state index contributed by atoms with van der Waals surface area (Å²) in [6.07, 6.45) is 1.96. The molecule has 6 nitrogen and oxygen atoms in total. The lowest BCUT2D eigenvalue weighted by Crippen LogP contribution is -2.30. The number of carbonyl (C=O) groups is 1. The van der Waals surface area contributed by atoms with Gasteiger partial charge >= 0.3 is 5.97 Å². The molecule has 0 atom stereocenters. The Morgan fingerprint density at radius 3 is 2.74 bits per heavy atom. The van der Waals surface area contributed by atoms with Gasteiger partial charge in [0.2, 0.25) is 0 Å². The first-order valence-corrected chi connectivity index (χ1v) is 6.40. The number of imidazole rings is 1. The van der Waals surface area contributed by atoms with Crippen molar-refractivity contribution in [2.75, 3.05) is 33.9 Å². The number of hydrogen-bond donors (Lipinski definition) is 0. The summed E-state index contributed by atoms with van der Waals surface area (Å²) in [5.74, 6) is 0.631. The molecular formula is C12H20ClN3O3. The molecule has 0 bridgehead atoms. The molecule has 0 spiro atoms. The van der Waals surface area contributed by atoms with Crippen molar-refractivity contribution in [1.29, 1.82) is 0 Å². The molecule has 0 saturated carbocycles. The quantitative estimate of drug-likeness (QED) is 0.671. The van der Waals surface area contributed by atoms with Crippen LogP contribution in [0.2, 0.25) is 5.15 Å². The van der Waals surface area contributed by atoms with E-state index in [0.29, 0.717) is 31.3 Å². The second kappa shape index (κ2) is 8.14. The molecule has 0 aliphatic heterocycles. The van der Waals surface area contributed by atoms with Gasteiger partial charge in [-0.15, -0.1) is 0 Å². The SMILES string of the molecule is COCCN(CCC(=O)OC)Cc1ncc(Cl)n1C. The van der Waals surface area contributed by atoms with E-state index in [2.05, 4.69) is 14.6 Å². The third-order valence-electron chi connectivity index (χ3n) is 2.86. The van der Waals surface area contributed by atoms with Crippen molar-refractivity contribution in [2.24, 2.45) is 7.05 Å². The second-order valence-corrected chi connectivity index (χ2v) is 4.54. The van der Waals surface area contributed by atoms with Gasteiger partial charge in [0.1, 0.15) is 11.0 Å². The van der Waals surface area contributed by atoms with Crippen LogP contribution in [-0.4, -0.2) is 54.3 Å². The molecule has 0 saturated heterocycles. The van der Waals surface area contributed by atoms with E-state index < -0.39 is 0 Å². The monoisotopic (exact) mass is 289 g/mol. The summed E-state index contributed by atoms with van der Waals surface area (Å²) in [4.78, 5) is 17.5. The summed E-state index contributed by atoms with van der Waals surface area (Å²) in [5, 5.41) is 0.592. The molecule has 0 fully saturated rings. The lowest BCUT2D eigenvalue weighted by Gasteiger charge is -2.21. The minimum Gasteiger partial charge on any atom is -0.469 e. The predicted octanol–water partition coefficient (Wildman–Crippen LogP) is 1.08. The Bertz CT molecular complexity index is 409. The molecule has 0 aromatic carbocycles. The van der Waals surface area contributed by atoms with Crippen molar-refractivity contribution in [3.8, 4) is 0 Å². The first-order valence-electron chi connectivity index (χ1n) is 6.02. The Balaban J connectivity index is 2.58. The van der Waals surface area contributed by atoms with Gasteiger partial charge in [-0.25, -0.2) is 4.98 Å². The number of hydrogen-bond acceptors (Lipinski definition) is 5. The number of carbonyl (C=O) groups excluding carboxylic acids is 1. The van der Waals surface area contributed by atoms with Crippen LogP contribution in [0.5, 0.6) is 0 Å². The zero-order chi connectivity index (χ0) is 14.3. The molecule has 1 aromatic heterocycles. The first kappa shape index (κ1) is 15.9. The second-order valence-electron chi connectivity index (χ2n) is 4.15. The summed E-state index contributed by atoms with van der Waals surface area (Å²) in [7, 11) is 4.90. The van der Waals surface area contributed by atoms with Crippen molar-refractivity contribution >= 4 is 17.6 Å². The van der Waals surface area contributed by atoms with E-state index in [1.165, 1.54) is 7.11 Å². The Kier molecular flexibility index (Phi) is 6.83. The zero-order valence-corrected chi connectivity index (χ0v) is 12.3. The highest BCUT2D eigenvalue weighted by molar-refractivity contribution is 6.29. The number of halogens is 1. The molecule has 1 aromatic rings. The van der Waals surface area contributed by atoms with Gasteiger partial charge in [0.25, 0.3) is 0 Å². The van der Waals surface area contributed by atoms with Gasteiger partial charge in [0.05, 0.1) is 32.9 Å². The van der Waals surface area contributed by atoms with Crippen molar-refractivity contribution in [1.82, 2.24) is 14.5 Å². The largest absolute Gasteiger partial charge is 0.469 e. The van der Waals surface area contributed by atoms with Gasteiger partial charge in [0, 0.05) is 27.2 Å². The molecule has 7 heteroatoms. The van der Waals surface area contributed by atoms with Crippen LogP contribution in [0.1, 0.15) is 12.2 Å². The van der Waals surface area contributed by atoms with E-state index in [1.807, 2.05) is 11.6 Å². The summed E-state index contributed by atoms with van der Waals surface area (Å²) < 4.78 is 11.5. The van der Waals surface area contributed by atoms with Gasteiger partial charge in [-0.2, -0.15) is 0 Å². The van der Waals surface area contributed by atoms with Gasteiger partial charge in [-0.3, -0.25) is 9.69 Å². The average Bonchev–Trinajstić information content (AvgIpc) is 2.73. The molecule has 0 N–H and O–H groups in total. The Morgan fingerprint density at radius 2 is 2.21 bits per heavy atom. The maximum atomic E-state index is 11.2. The van der Waals surface area contributed by atoms with E-state index in [9.17, 15) is 4.79 Å². The molecule has 0 aliphatic rings. The number of rotatable bonds is 8. The Morgan fingerprint density at radius 1 is 1.47 bits per heavy atom. The Hall–Kier alpha value is -1.11. The highest BCUT2D eigenvalue weighted by atomic mass is 35.5. The molecule has 19 heavy (non-hydrogen) atoms. The third kappa shape index (κ3) is 5.18. The Labute approximate surface area is 118 Å². The smallest absolute Gasteiger partial charge is 0.306 e. The van der Waals surface area contributed by atoms with E-state index in [1.54, 1.807) is 13.3 Å². The minimum atomic E-state index is -0.222. The topological polar surface area (TPSA) is 56.6 Å². The fourth-order valence-electron chi connectivity index (χ4n) is 1.61. The maximum Gasteiger partial charge on any atom is 0.306 e. The van der Waals surface area contributed by atoms with Crippen molar-refractivity contribution in [3.63, 3.8) is 0 Å². The molecule has 0 amide bonds. The number of aromatic nitrogens is 2. The number of esters is 1. The molecule has 0 unspecified atom stereocenters. The van der Waals surface area contributed by atoms with E-state index in [-0.39, 0.29) is 5.97 Å². The van der Waals surface area contributed by atoms with Crippen LogP contribution in [0, 0.1) is 0 Å². The number of nitrogens with zero attached hydrogens (tertiary/aromatic N) is 3. The van der Waals surface area contributed by atoms with Crippen LogP contribution in [0.4, 0.5) is 0 Å².